The van der Waals surface area contributed by atoms with E-state index in [0.29, 0.717) is 22.4 Å². The van der Waals surface area contributed by atoms with Crippen molar-refractivity contribution in [2.75, 3.05) is 10.6 Å². The third kappa shape index (κ3) is 2.93. The van der Waals surface area contributed by atoms with Crippen LogP contribution >= 0.6 is 11.6 Å². The average molecular weight is 368 g/mol. The Morgan fingerprint density at radius 1 is 1.31 bits per heavy atom. The van der Waals surface area contributed by atoms with Crippen LogP contribution in [0.3, 0.4) is 0 Å². The number of benzene rings is 1. The fourth-order valence-electron chi connectivity index (χ4n) is 3.08. The average Bonchev–Trinajstić information content (AvgIpc) is 3.10. The van der Waals surface area contributed by atoms with Crippen molar-refractivity contribution in [2.24, 2.45) is 5.92 Å². The second-order valence-corrected chi connectivity index (χ2v) is 6.37. The lowest BCUT2D eigenvalue weighted by molar-refractivity contribution is -0.377. The number of carbonyl (C=O) groups is 1. The van der Waals surface area contributed by atoms with Gasteiger partial charge in [-0.1, -0.05) is 30.3 Å². The van der Waals surface area contributed by atoms with E-state index < -0.39 is 5.92 Å². The minimum absolute atomic E-state index is 0.191. The van der Waals surface area contributed by atoms with Gasteiger partial charge in [0.2, 0.25) is 11.9 Å². The van der Waals surface area contributed by atoms with Crippen LogP contribution in [0, 0.1) is 5.92 Å². The van der Waals surface area contributed by atoms with Crippen LogP contribution in [0.1, 0.15) is 11.6 Å². The van der Waals surface area contributed by atoms with Gasteiger partial charge in [0.15, 0.2) is 12.4 Å². The normalized spacial score (nSPS) is 18.7. The van der Waals surface area contributed by atoms with Crippen LogP contribution in [0.15, 0.2) is 67.4 Å². The van der Waals surface area contributed by atoms with Crippen molar-refractivity contribution in [3.05, 3.63) is 78.0 Å². The van der Waals surface area contributed by atoms with Crippen molar-refractivity contribution >= 4 is 29.1 Å². The summed E-state index contributed by atoms with van der Waals surface area (Å²) in [5.41, 5.74) is 2.12. The number of H-pyrrole nitrogens is 1. The molecule has 0 saturated heterocycles. The first kappa shape index (κ1) is 16.3. The SMILES string of the molecule is C=C1Nc2ncnn2C(c2ccc(Cl)cc2)C1C(=O)Nc1ccc[nH+]c1. The molecule has 2 unspecified atom stereocenters. The summed E-state index contributed by atoms with van der Waals surface area (Å²) in [6, 6.07) is 10.6. The summed E-state index contributed by atoms with van der Waals surface area (Å²) in [7, 11) is 0. The highest BCUT2D eigenvalue weighted by Crippen LogP contribution is 2.37. The molecule has 1 aliphatic rings. The van der Waals surface area contributed by atoms with E-state index in [4.69, 9.17) is 11.6 Å². The van der Waals surface area contributed by atoms with Crippen molar-refractivity contribution in [3.63, 3.8) is 0 Å². The molecule has 0 radical (unpaired) electrons. The quantitative estimate of drug-likeness (QED) is 0.744. The molecule has 0 saturated carbocycles. The van der Waals surface area contributed by atoms with Gasteiger partial charge in [-0.25, -0.2) is 9.67 Å². The van der Waals surface area contributed by atoms with Crippen LogP contribution in [0.2, 0.25) is 5.02 Å². The zero-order chi connectivity index (χ0) is 18.1. The predicted molar refractivity (Wildman–Crippen MR) is 97.5 cm³/mol. The number of anilines is 2. The molecule has 0 spiro atoms. The lowest BCUT2D eigenvalue weighted by Crippen LogP contribution is -2.39. The Labute approximate surface area is 154 Å². The summed E-state index contributed by atoms with van der Waals surface area (Å²) in [4.78, 5) is 20.2. The van der Waals surface area contributed by atoms with Gasteiger partial charge in [0.05, 0.1) is 6.04 Å². The zero-order valence-electron chi connectivity index (χ0n) is 13.7. The number of carbonyl (C=O) groups excluding carboxylic acids is 1. The lowest BCUT2D eigenvalue weighted by Gasteiger charge is -2.33. The molecule has 8 heteroatoms. The molecule has 130 valence electrons. The van der Waals surface area contributed by atoms with Crippen LogP contribution in [-0.2, 0) is 4.79 Å². The third-order valence-corrected chi connectivity index (χ3v) is 4.52. The molecule has 26 heavy (non-hydrogen) atoms. The molecule has 0 fully saturated rings. The maximum absolute atomic E-state index is 13.0. The number of hydrogen-bond acceptors (Lipinski definition) is 4. The Balaban J connectivity index is 1.74. The second-order valence-electron chi connectivity index (χ2n) is 5.93. The molecule has 0 aliphatic carbocycles. The van der Waals surface area contributed by atoms with Gasteiger partial charge in [-0.15, -0.1) is 0 Å². The smallest absolute Gasteiger partial charge is 0.236 e. The van der Waals surface area contributed by atoms with Gasteiger partial charge in [-0.05, 0) is 23.8 Å². The van der Waals surface area contributed by atoms with Gasteiger partial charge >= 0.3 is 0 Å². The first-order chi connectivity index (χ1) is 12.6. The van der Waals surface area contributed by atoms with Crippen molar-refractivity contribution in [3.8, 4) is 0 Å². The van der Waals surface area contributed by atoms with Crippen LogP contribution in [0.5, 0.6) is 0 Å². The summed E-state index contributed by atoms with van der Waals surface area (Å²) >= 11 is 6.02. The first-order valence-corrected chi connectivity index (χ1v) is 8.39. The van der Waals surface area contributed by atoms with Crippen LogP contribution in [0.25, 0.3) is 0 Å². The number of hydrogen-bond donors (Lipinski definition) is 2. The molecule has 0 bridgehead atoms. The van der Waals surface area contributed by atoms with E-state index in [9.17, 15) is 4.79 Å². The van der Waals surface area contributed by atoms with Crippen LogP contribution in [-0.4, -0.2) is 20.7 Å². The van der Waals surface area contributed by atoms with E-state index >= 15 is 0 Å². The molecule has 2 atom stereocenters. The number of fused-ring (bicyclic) bond motifs is 1. The molecule has 7 nitrogen and oxygen atoms in total. The minimum Gasteiger partial charge on any atom is -0.328 e. The maximum Gasteiger partial charge on any atom is 0.236 e. The van der Waals surface area contributed by atoms with Crippen LogP contribution < -0.4 is 15.6 Å². The highest BCUT2D eigenvalue weighted by molar-refractivity contribution is 6.30. The van der Waals surface area contributed by atoms with Crippen LogP contribution in [0.4, 0.5) is 11.6 Å². The fourth-order valence-corrected chi connectivity index (χ4v) is 3.21. The van der Waals surface area contributed by atoms with Gasteiger partial charge in [0, 0.05) is 16.8 Å². The van der Waals surface area contributed by atoms with Gasteiger partial charge < -0.3 is 10.6 Å². The van der Waals surface area contributed by atoms with E-state index in [1.165, 1.54) is 6.33 Å². The van der Waals surface area contributed by atoms with Gasteiger partial charge in [0.1, 0.15) is 17.9 Å². The molecular weight excluding hydrogens is 352 g/mol. The Kier molecular flexibility index (Phi) is 4.14. The number of nitrogens with zero attached hydrogens (tertiary/aromatic N) is 3. The molecule has 1 aromatic carbocycles. The van der Waals surface area contributed by atoms with Gasteiger partial charge in [0.25, 0.3) is 0 Å². The van der Waals surface area contributed by atoms with Gasteiger partial charge in [-0.2, -0.15) is 10.1 Å². The summed E-state index contributed by atoms with van der Waals surface area (Å²) in [5.74, 6) is -0.221. The summed E-state index contributed by atoms with van der Waals surface area (Å²) < 4.78 is 1.69. The standard InChI is InChI=1S/C18H15ClN6O/c1-11-15(17(26)24-14-3-2-8-20-9-14)16(12-4-6-13(19)7-5-12)25-18(23-11)21-10-22-25/h2-10,15-16H,1H2,(H,24,26)(H,21,22,23)/p+1. The highest BCUT2D eigenvalue weighted by atomic mass is 35.5. The van der Waals surface area contributed by atoms with E-state index in [1.54, 1.807) is 29.2 Å². The lowest BCUT2D eigenvalue weighted by atomic mass is 9.88. The highest BCUT2D eigenvalue weighted by Gasteiger charge is 2.39. The Hall–Kier alpha value is -3.19. The maximum atomic E-state index is 13.0. The molecule has 3 N–H and O–H groups in total. The number of aromatic amines is 1. The number of aromatic nitrogens is 4. The number of pyridine rings is 1. The summed E-state index contributed by atoms with van der Waals surface area (Å²) in [5, 5.41) is 10.9. The van der Waals surface area contributed by atoms with E-state index in [2.05, 4.69) is 32.3 Å². The number of rotatable bonds is 3. The summed E-state index contributed by atoms with van der Waals surface area (Å²) in [6.45, 7) is 4.04. The molecule has 3 heterocycles. The molecular formula is C18H16ClN6O+. The second kappa shape index (κ2) is 6.61. The Bertz CT molecular complexity index is 953. The molecule has 4 rings (SSSR count). The summed E-state index contributed by atoms with van der Waals surface area (Å²) in [6.07, 6.45) is 4.94. The molecule has 1 amide bonds. The van der Waals surface area contributed by atoms with E-state index in [0.717, 1.165) is 5.56 Å². The zero-order valence-corrected chi connectivity index (χ0v) is 14.4. The third-order valence-electron chi connectivity index (χ3n) is 4.27. The van der Waals surface area contributed by atoms with E-state index in [-0.39, 0.29) is 11.9 Å². The Morgan fingerprint density at radius 3 is 2.85 bits per heavy atom. The van der Waals surface area contributed by atoms with E-state index in [1.807, 2.05) is 24.3 Å². The number of halogens is 1. The minimum atomic E-state index is -0.578. The molecule has 3 aromatic rings. The fraction of sp³-hybridized carbons (Fsp3) is 0.111. The first-order valence-electron chi connectivity index (χ1n) is 8.01. The molecule has 2 aromatic heterocycles. The monoisotopic (exact) mass is 367 g/mol. The molecule has 1 aliphatic heterocycles. The predicted octanol–water partition coefficient (Wildman–Crippen LogP) is 2.53. The number of amides is 1. The number of nitrogens with one attached hydrogen (secondary N) is 3. The van der Waals surface area contributed by atoms with Crippen molar-refractivity contribution in [1.29, 1.82) is 0 Å². The van der Waals surface area contributed by atoms with Crippen molar-refractivity contribution in [2.45, 2.75) is 6.04 Å². The van der Waals surface area contributed by atoms with Gasteiger partial charge in [-0.3, -0.25) is 4.79 Å². The van der Waals surface area contributed by atoms with Crippen molar-refractivity contribution < 1.29 is 9.78 Å². The topological polar surface area (TPSA) is 86.0 Å². The van der Waals surface area contributed by atoms with Crippen molar-refractivity contribution in [1.82, 2.24) is 14.8 Å². The largest absolute Gasteiger partial charge is 0.328 e. The Morgan fingerprint density at radius 2 is 2.12 bits per heavy atom.